The first-order valence-electron chi connectivity index (χ1n) is 8.19. The van der Waals surface area contributed by atoms with Crippen molar-refractivity contribution in [1.29, 1.82) is 0 Å². The maximum atomic E-state index is 12.5. The molecule has 1 saturated carbocycles. The molecule has 0 spiro atoms. The molecule has 1 aliphatic rings. The second-order valence-electron chi connectivity index (χ2n) is 6.22. The van der Waals surface area contributed by atoms with E-state index in [0.717, 1.165) is 18.5 Å². The molecule has 22 heavy (non-hydrogen) atoms. The Labute approximate surface area is 140 Å². The highest BCUT2D eigenvalue weighted by Gasteiger charge is 2.63. The number of hydrogen-bond acceptors (Lipinski definition) is 2. The van der Waals surface area contributed by atoms with Gasteiger partial charge < -0.3 is 22.0 Å². The van der Waals surface area contributed by atoms with E-state index >= 15 is 0 Å². The summed E-state index contributed by atoms with van der Waals surface area (Å²) >= 11 is 0. The molecule has 1 aromatic carbocycles. The van der Waals surface area contributed by atoms with Crippen molar-refractivity contribution >= 4 is 5.97 Å². The fraction of sp³-hybridized carbons (Fsp3) is 0.611. The first-order valence-corrected chi connectivity index (χ1v) is 8.19. The Kier molecular flexibility index (Phi) is 7.37. The SMILES string of the molecule is CCCC[NH+](C)C[C@H]1C[C@]1(C(=O)OCC)c1ccccc1.[Cl-]. The van der Waals surface area contributed by atoms with Crippen LogP contribution in [0.25, 0.3) is 0 Å². The molecule has 3 nitrogen and oxygen atoms in total. The lowest BCUT2D eigenvalue weighted by molar-refractivity contribution is -0.881. The smallest absolute Gasteiger partial charge is 0.317 e. The van der Waals surface area contributed by atoms with Crippen LogP contribution in [0.3, 0.4) is 0 Å². The Balaban J connectivity index is 0.00000242. The summed E-state index contributed by atoms with van der Waals surface area (Å²) in [7, 11) is 2.23. The van der Waals surface area contributed by atoms with Crippen molar-refractivity contribution in [1.82, 2.24) is 0 Å². The molecule has 1 aromatic rings. The van der Waals surface area contributed by atoms with E-state index in [-0.39, 0.29) is 23.8 Å². The quantitative estimate of drug-likeness (QED) is 0.610. The third kappa shape index (κ3) is 4.02. The van der Waals surface area contributed by atoms with Gasteiger partial charge in [0.2, 0.25) is 0 Å². The molecule has 1 aliphatic carbocycles. The number of benzene rings is 1. The third-order valence-corrected chi connectivity index (χ3v) is 4.59. The van der Waals surface area contributed by atoms with E-state index in [4.69, 9.17) is 4.74 Å². The molecule has 0 aliphatic heterocycles. The highest BCUT2D eigenvalue weighted by atomic mass is 35.5. The number of nitrogens with one attached hydrogen (secondary N) is 1. The second-order valence-corrected chi connectivity index (χ2v) is 6.22. The van der Waals surface area contributed by atoms with Crippen LogP contribution in [0.2, 0.25) is 0 Å². The summed E-state index contributed by atoms with van der Waals surface area (Å²) < 4.78 is 5.37. The van der Waals surface area contributed by atoms with Crippen molar-refractivity contribution in [3.63, 3.8) is 0 Å². The van der Waals surface area contributed by atoms with Gasteiger partial charge in [0, 0.05) is 5.92 Å². The van der Waals surface area contributed by atoms with Crippen molar-refractivity contribution in [3.8, 4) is 0 Å². The normalized spacial score (nSPS) is 24.2. The Morgan fingerprint density at radius 3 is 2.59 bits per heavy atom. The van der Waals surface area contributed by atoms with Gasteiger partial charge in [-0.2, -0.15) is 0 Å². The van der Waals surface area contributed by atoms with Gasteiger partial charge in [-0.1, -0.05) is 43.7 Å². The van der Waals surface area contributed by atoms with Crippen LogP contribution in [-0.4, -0.2) is 32.7 Å². The summed E-state index contributed by atoms with van der Waals surface area (Å²) in [6, 6.07) is 10.2. The Morgan fingerprint density at radius 2 is 2.00 bits per heavy atom. The molecule has 0 heterocycles. The number of rotatable bonds is 8. The van der Waals surface area contributed by atoms with Crippen molar-refractivity contribution < 1.29 is 26.8 Å². The highest BCUT2D eigenvalue weighted by molar-refractivity contribution is 5.87. The standard InChI is InChI=1S/C18H27NO2.ClH/c1-4-6-12-19(3)14-16-13-18(16,17(20)21-5-2)15-10-8-7-9-11-15;/h7-11,16H,4-6,12-14H2,1-3H3;1H/t16-,18+;/m1./s1. The fourth-order valence-corrected chi connectivity index (χ4v) is 3.29. The molecule has 4 heteroatoms. The molecule has 124 valence electrons. The van der Waals surface area contributed by atoms with Gasteiger partial charge in [0.05, 0.1) is 26.7 Å². The molecule has 1 fully saturated rings. The van der Waals surface area contributed by atoms with Crippen LogP contribution in [0.5, 0.6) is 0 Å². The first kappa shape index (κ1) is 19.0. The van der Waals surface area contributed by atoms with Crippen LogP contribution in [-0.2, 0) is 14.9 Å². The summed E-state index contributed by atoms with van der Waals surface area (Å²) in [5.41, 5.74) is 0.738. The minimum absolute atomic E-state index is 0. The molecule has 0 bridgehead atoms. The maximum absolute atomic E-state index is 12.5. The van der Waals surface area contributed by atoms with Gasteiger partial charge >= 0.3 is 5.97 Å². The fourth-order valence-electron chi connectivity index (χ4n) is 3.29. The van der Waals surface area contributed by atoms with Crippen LogP contribution >= 0.6 is 0 Å². The van der Waals surface area contributed by atoms with E-state index in [0.29, 0.717) is 12.5 Å². The number of carbonyl (C=O) groups excluding carboxylic acids is 1. The lowest BCUT2D eigenvalue weighted by atomic mass is 9.93. The van der Waals surface area contributed by atoms with E-state index in [1.807, 2.05) is 25.1 Å². The molecule has 0 saturated heterocycles. The van der Waals surface area contributed by atoms with E-state index in [1.165, 1.54) is 24.3 Å². The Hall–Kier alpha value is -1.06. The van der Waals surface area contributed by atoms with Gasteiger partial charge in [0.15, 0.2) is 0 Å². The number of esters is 1. The zero-order valence-corrected chi connectivity index (χ0v) is 14.7. The second kappa shape index (κ2) is 8.54. The predicted octanol–water partition coefficient (Wildman–Crippen LogP) is -1.17. The van der Waals surface area contributed by atoms with E-state index < -0.39 is 0 Å². The van der Waals surface area contributed by atoms with E-state index in [1.54, 1.807) is 0 Å². The molecule has 1 N–H and O–H groups in total. The molecule has 3 atom stereocenters. The van der Waals surface area contributed by atoms with Crippen LogP contribution in [0.4, 0.5) is 0 Å². The molecular formula is C18H28ClNO2. The molecule has 1 unspecified atom stereocenters. The first-order chi connectivity index (χ1) is 10.1. The molecular weight excluding hydrogens is 298 g/mol. The summed E-state index contributed by atoms with van der Waals surface area (Å²) in [4.78, 5) is 14.0. The highest BCUT2D eigenvalue weighted by Crippen LogP contribution is 2.54. The number of carbonyl (C=O) groups is 1. The summed E-state index contributed by atoms with van der Waals surface area (Å²) in [5.74, 6) is 0.375. The van der Waals surface area contributed by atoms with Gasteiger partial charge in [-0.3, -0.25) is 4.79 Å². The van der Waals surface area contributed by atoms with Crippen LogP contribution in [0.15, 0.2) is 30.3 Å². The topological polar surface area (TPSA) is 30.7 Å². The Morgan fingerprint density at radius 1 is 1.32 bits per heavy atom. The van der Waals surface area contributed by atoms with Crippen molar-refractivity contribution in [2.24, 2.45) is 5.92 Å². The lowest BCUT2D eigenvalue weighted by Crippen LogP contribution is -3.09. The van der Waals surface area contributed by atoms with Crippen molar-refractivity contribution in [3.05, 3.63) is 35.9 Å². The number of quaternary nitrogens is 1. The van der Waals surface area contributed by atoms with Crippen LogP contribution < -0.4 is 17.3 Å². The largest absolute Gasteiger partial charge is 1.00 e. The van der Waals surface area contributed by atoms with Crippen LogP contribution in [0, 0.1) is 5.92 Å². The van der Waals surface area contributed by atoms with Gasteiger partial charge in [-0.05, 0) is 25.3 Å². The van der Waals surface area contributed by atoms with Gasteiger partial charge in [0.1, 0.15) is 5.41 Å². The van der Waals surface area contributed by atoms with Gasteiger partial charge in [-0.25, -0.2) is 0 Å². The van der Waals surface area contributed by atoms with Gasteiger partial charge in [-0.15, -0.1) is 0 Å². The zero-order valence-electron chi connectivity index (χ0n) is 13.9. The van der Waals surface area contributed by atoms with E-state index in [9.17, 15) is 4.79 Å². The van der Waals surface area contributed by atoms with Gasteiger partial charge in [0.25, 0.3) is 0 Å². The molecule has 0 amide bonds. The number of unbranched alkanes of at least 4 members (excludes halogenated alkanes) is 1. The Bertz CT molecular complexity index is 465. The van der Waals surface area contributed by atoms with Crippen molar-refractivity contribution in [2.45, 2.75) is 38.5 Å². The van der Waals surface area contributed by atoms with Crippen molar-refractivity contribution in [2.75, 3.05) is 26.7 Å². The zero-order chi connectivity index (χ0) is 15.3. The summed E-state index contributed by atoms with van der Waals surface area (Å²) in [5, 5.41) is 0. The summed E-state index contributed by atoms with van der Waals surface area (Å²) in [6.45, 7) is 6.79. The monoisotopic (exact) mass is 325 g/mol. The molecule has 0 radical (unpaired) electrons. The third-order valence-electron chi connectivity index (χ3n) is 4.59. The molecule has 2 rings (SSSR count). The predicted molar refractivity (Wildman–Crippen MR) is 84.4 cm³/mol. The van der Waals surface area contributed by atoms with Crippen LogP contribution in [0.1, 0.15) is 38.7 Å². The minimum Gasteiger partial charge on any atom is -1.00 e. The average Bonchev–Trinajstić information content (AvgIpc) is 3.21. The number of ether oxygens (including phenoxy) is 1. The lowest BCUT2D eigenvalue weighted by Gasteiger charge is -2.19. The molecule has 0 aromatic heterocycles. The average molecular weight is 326 g/mol. The maximum Gasteiger partial charge on any atom is 0.317 e. The van der Waals surface area contributed by atoms with E-state index in [2.05, 4.69) is 26.1 Å². The summed E-state index contributed by atoms with van der Waals surface area (Å²) in [6.07, 6.45) is 3.40. The number of hydrogen-bond donors (Lipinski definition) is 1. The minimum atomic E-state index is -0.384. The number of halogens is 1.